The molecule has 0 N–H and O–H groups in total. The molecule has 2 saturated carbocycles. The van der Waals surface area contributed by atoms with E-state index in [0.29, 0.717) is 32.1 Å². The molecule has 174 valence electrons. The summed E-state index contributed by atoms with van der Waals surface area (Å²) in [6, 6.07) is 23.9. The molecular weight excluding hydrogens is 428 g/mol. The fraction of sp³-hybridized carbons (Fsp3) is 0.393. The van der Waals surface area contributed by atoms with E-state index in [9.17, 15) is 24.9 Å². The number of hydrogen-bond acceptors (Lipinski definition) is 6. The molecule has 2 atom stereocenters. The third-order valence-electron chi connectivity index (χ3n) is 6.97. The van der Waals surface area contributed by atoms with E-state index in [1.165, 1.54) is 7.11 Å². The van der Waals surface area contributed by atoms with Gasteiger partial charge in [-0.25, -0.2) is 0 Å². The van der Waals surface area contributed by atoms with E-state index in [-0.39, 0.29) is 24.4 Å². The predicted octanol–water partition coefficient (Wildman–Crippen LogP) is 4.58. The molecule has 2 aromatic carbocycles. The van der Waals surface area contributed by atoms with Crippen LogP contribution in [0.15, 0.2) is 60.7 Å². The molecule has 6 heteroatoms. The van der Waals surface area contributed by atoms with Gasteiger partial charge in [-0.2, -0.15) is 10.5 Å². The Hall–Kier alpha value is -3.77. The second kappa shape index (κ2) is 10.9. The Morgan fingerprint density at radius 2 is 1.29 bits per heavy atom. The summed E-state index contributed by atoms with van der Waals surface area (Å²) in [7, 11) is 1.26. The van der Waals surface area contributed by atoms with Crippen molar-refractivity contribution < 1.29 is 19.1 Å². The average Bonchev–Trinajstić information content (AvgIpc) is 2.91. The normalized spacial score (nSPS) is 23.4. The Morgan fingerprint density at radius 3 is 1.76 bits per heavy atom. The van der Waals surface area contributed by atoms with Crippen LogP contribution in [0.5, 0.6) is 0 Å². The SMILES string of the molecule is COC(=O)C1CC(C#N)(c2ccccc2)CCC1=O.N#CC1(c2ccccc2)CCC(=O)CC1. The molecule has 2 aliphatic carbocycles. The van der Waals surface area contributed by atoms with Crippen LogP contribution in [0.3, 0.4) is 0 Å². The number of methoxy groups -OCH3 is 1. The Morgan fingerprint density at radius 1 is 0.824 bits per heavy atom. The fourth-order valence-electron chi connectivity index (χ4n) is 4.80. The third-order valence-corrected chi connectivity index (χ3v) is 6.97. The molecule has 2 aromatic rings. The van der Waals surface area contributed by atoms with Crippen molar-refractivity contribution in [1.82, 2.24) is 0 Å². The summed E-state index contributed by atoms with van der Waals surface area (Å²) in [5, 5.41) is 18.9. The van der Waals surface area contributed by atoms with Gasteiger partial charge in [0.1, 0.15) is 17.5 Å². The van der Waals surface area contributed by atoms with E-state index >= 15 is 0 Å². The Bertz CT molecular complexity index is 1100. The van der Waals surface area contributed by atoms with E-state index in [2.05, 4.69) is 16.9 Å². The number of ketones is 2. The molecule has 0 spiro atoms. The maximum absolute atomic E-state index is 11.8. The lowest BCUT2D eigenvalue weighted by molar-refractivity contribution is -0.151. The molecule has 2 aliphatic rings. The molecule has 2 fully saturated rings. The average molecular weight is 457 g/mol. The van der Waals surface area contributed by atoms with E-state index in [0.717, 1.165) is 11.1 Å². The summed E-state index contributed by atoms with van der Waals surface area (Å²) < 4.78 is 4.66. The molecule has 0 bridgehead atoms. The molecule has 0 radical (unpaired) electrons. The molecular formula is C28H28N2O4. The molecule has 2 unspecified atom stereocenters. The number of carbonyl (C=O) groups is 3. The van der Waals surface area contributed by atoms with Crippen LogP contribution >= 0.6 is 0 Å². The molecule has 0 amide bonds. The zero-order valence-electron chi connectivity index (χ0n) is 19.3. The highest BCUT2D eigenvalue weighted by Gasteiger charge is 2.45. The van der Waals surface area contributed by atoms with Crippen molar-refractivity contribution in [2.24, 2.45) is 5.92 Å². The number of hydrogen-bond donors (Lipinski definition) is 0. The quantitative estimate of drug-likeness (QED) is 0.494. The lowest BCUT2D eigenvalue weighted by atomic mass is 9.66. The Labute approximate surface area is 200 Å². The highest BCUT2D eigenvalue weighted by atomic mass is 16.5. The third kappa shape index (κ3) is 5.24. The van der Waals surface area contributed by atoms with Gasteiger partial charge >= 0.3 is 5.97 Å². The number of rotatable bonds is 3. The molecule has 34 heavy (non-hydrogen) atoms. The van der Waals surface area contributed by atoms with Crippen molar-refractivity contribution >= 4 is 17.5 Å². The van der Waals surface area contributed by atoms with Gasteiger partial charge in [0.2, 0.25) is 0 Å². The predicted molar refractivity (Wildman–Crippen MR) is 125 cm³/mol. The largest absolute Gasteiger partial charge is 0.468 e. The summed E-state index contributed by atoms with van der Waals surface area (Å²) in [4.78, 5) is 34.7. The van der Waals surface area contributed by atoms with Gasteiger partial charge in [0.05, 0.1) is 30.1 Å². The smallest absolute Gasteiger partial charge is 0.316 e. The van der Waals surface area contributed by atoms with Gasteiger partial charge in [-0.1, -0.05) is 60.7 Å². The van der Waals surface area contributed by atoms with Crippen LogP contribution in [0.2, 0.25) is 0 Å². The van der Waals surface area contributed by atoms with Crippen molar-refractivity contribution in [3.8, 4) is 12.1 Å². The van der Waals surface area contributed by atoms with Gasteiger partial charge in [-0.05, 0) is 36.8 Å². The number of ether oxygens (including phenoxy) is 1. The maximum atomic E-state index is 11.8. The van der Waals surface area contributed by atoms with Gasteiger partial charge in [-0.3, -0.25) is 14.4 Å². The van der Waals surface area contributed by atoms with Gasteiger partial charge in [0, 0.05) is 19.3 Å². The van der Waals surface area contributed by atoms with Crippen LogP contribution in [0.1, 0.15) is 56.1 Å². The molecule has 6 nitrogen and oxygen atoms in total. The van der Waals surface area contributed by atoms with Gasteiger partial charge in [0.25, 0.3) is 0 Å². The summed E-state index contributed by atoms with van der Waals surface area (Å²) >= 11 is 0. The Kier molecular flexibility index (Phi) is 7.97. The number of esters is 1. The van der Waals surface area contributed by atoms with Crippen molar-refractivity contribution in [2.75, 3.05) is 7.11 Å². The zero-order valence-corrected chi connectivity index (χ0v) is 19.3. The first-order valence-corrected chi connectivity index (χ1v) is 11.5. The minimum atomic E-state index is -0.821. The van der Waals surface area contributed by atoms with E-state index in [4.69, 9.17) is 0 Å². The molecule has 0 saturated heterocycles. The Balaban J connectivity index is 0.000000196. The first kappa shape index (κ1) is 24.9. The second-order valence-corrected chi connectivity index (χ2v) is 8.90. The minimum Gasteiger partial charge on any atom is -0.468 e. The van der Waals surface area contributed by atoms with Crippen LogP contribution < -0.4 is 0 Å². The fourth-order valence-corrected chi connectivity index (χ4v) is 4.80. The minimum absolute atomic E-state index is 0.131. The van der Waals surface area contributed by atoms with Crippen LogP contribution in [-0.4, -0.2) is 24.6 Å². The maximum Gasteiger partial charge on any atom is 0.316 e. The summed E-state index contributed by atoms with van der Waals surface area (Å²) in [5.41, 5.74) is 0.724. The van der Waals surface area contributed by atoms with Crippen molar-refractivity contribution in [1.29, 1.82) is 10.5 Å². The number of nitriles is 2. The van der Waals surface area contributed by atoms with Gasteiger partial charge < -0.3 is 4.74 Å². The molecule has 0 aliphatic heterocycles. The van der Waals surface area contributed by atoms with E-state index in [1.807, 2.05) is 60.7 Å². The lowest BCUT2D eigenvalue weighted by Gasteiger charge is -2.34. The van der Waals surface area contributed by atoms with Crippen LogP contribution in [0.4, 0.5) is 0 Å². The number of Topliss-reactive ketones (excluding diaryl/α,β-unsaturated/α-hetero) is 2. The summed E-state index contributed by atoms with van der Waals surface area (Å²) in [6.45, 7) is 0. The first-order valence-electron chi connectivity index (χ1n) is 11.5. The molecule has 4 rings (SSSR count). The van der Waals surface area contributed by atoms with Gasteiger partial charge in [0.15, 0.2) is 0 Å². The van der Waals surface area contributed by atoms with Crippen molar-refractivity contribution in [3.05, 3.63) is 71.8 Å². The van der Waals surface area contributed by atoms with Crippen LogP contribution in [0.25, 0.3) is 0 Å². The lowest BCUT2D eigenvalue weighted by Crippen LogP contribution is -2.40. The zero-order chi connectivity index (χ0) is 24.6. The van der Waals surface area contributed by atoms with Crippen molar-refractivity contribution in [3.63, 3.8) is 0 Å². The monoisotopic (exact) mass is 456 g/mol. The van der Waals surface area contributed by atoms with E-state index in [1.54, 1.807) is 0 Å². The standard InChI is InChI=1S/C15H15NO3.C13H13NO/c1-19-14(18)12-9-15(10-16,8-7-13(12)17)11-5-3-2-4-6-11;14-10-13(8-6-12(15)7-9-13)11-4-2-1-3-5-11/h2-6,12H,7-9H2,1H3;1-5H,6-9H2. The van der Waals surface area contributed by atoms with Crippen molar-refractivity contribution in [2.45, 2.75) is 55.8 Å². The van der Waals surface area contributed by atoms with Crippen LogP contribution in [-0.2, 0) is 30.0 Å². The van der Waals surface area contributed by atoms with Gasteiger partial charge in [-0.15, -0.1) is 0 Å². The highest BCUT2D eigenvalue weighted by Crippen LogP contribution is 2.40. The molecule has 0 aromatic heterocycles. The number of carbonyl (C=O) groups excluding carboxylic acids is 3. The highest BCUT2D eigenvalue weighted by molar-refractivity contribution is 6.00. The number of benzene rings is 2. The summed E-state index contributed by atoms with van der Waals surface area (Å²) in [6.07, 6.45) is 3.34. The summed E-state index contributed by atoms with van der Waals surface area (Å²) in [5.74, 6) is -1.20. The number of nitrogens with zero attached hydrogens (tertiary/aromatic N) is 2. The van der Waals surface area contributed by atoms with E-state index < -0.39 is 22.7 Å². The second-order valence-electron chi connectivity index (χ2n) is 8.90. The first-order chi connectivity index (χ1) is 16.4. The molecule has 0 heterocycles. The topological polar surface area (TPSA) is 108 Å². The van der Waals surface area contributed by atoms with Crippen LogP contribution in [0, 0.1) is 28.6 Å².